The Labute approximate surface area is 133 Å². The molecule has 0 spiro atoms. The van der Waals surface area contributed by atoms with E-state index in [4.69, 9.17) is 30.3 Å². The van der Waals surface area contributed by atoms with E-state index in [0.29, 0.717) is 0 Å². The lowest BCUT2D eigenvalue weighted by atomic mass is 9.93. The third kappa shape index (κ3) is 10.2. The third-order valence-corrected chi connectivity index (χ3v) is 2.53. The van der Waals surface area contributed by atoms with Gasteiger partial charge in [-0.3, -0.25) is 4.79 Å². The number of carboxylic acid groups (broad SMARTS) is 2. The molecule has 0 atom stereocenters. The van der Waals surface area contributed by atoms with E-state index in [-0.39, 0.29) is 17.8 Å². The summed E-state index contributed by atoms with van der Waals surface area (Å²) in [6.45, 7) is 6.27. The topological polar surface area (TPSA) is 162 Å². The van der Waals surface area contributed by atoms with Gasteiger partial charge >= 0.3 is 17.9 Å². The monoisotopic (exact) mass is 334 g/mol. The van der Waals surface area contributed by atoms with Crippen LogP contribution in [0.25, 0.3) is 0 Å². The molecule has 132 valence electrons. The van der Waals surface area contributed by atoms with Crippen molar-refractivity contribution in [2.45, 2.75) is 13.3 Å². The predicted octanol–water partition coefficient (Wildman–Crippen LogP) is -0.829. The minimum Gasteiger partial charge on any atom is -0.481 e. The van der Waals surface area contributed by atoms with E-state index in [1.165, 1.54) is 6.92 Å². The molecule has 0 aromatic rings. The van der Waals surface area contributed by atoms with Crippen LogP contribution in [0.4, 0.5) is 0 Å². The molecule has 9 nitrogen and oxygen atoms in total. The Morgan fingerprint density at radius 3 is 1.65 bits per heavy atom. The minimum absolute atomic E-state index is 0.229. The van der Waals surface area contributed by atoms with E-state index in [0.717, 1.165) is 0 Å². The van der Waals surface area contributed by atoms with Crippen LogP contribution in [-0.2, 0) is 19.1 Å². The van der Waals surface area contributed by atoms with Gasteiger partial charge in [0.15, 0.2) is 0 Å². The third-order valence-electron chi connectivity index (χ3n) is 2.53. The molecule has 0 saturated carbocycles. The summed E-state index contributed by atoms with van der Waals surface area (Å²) < 4.78 is 4.72. The van der Waals surface area contributed by atoms with E-state index in [9.17, 15) is 14.4 Å². The summed E-state index contributed by atoms with van der Waals surface area (Å²) in [6.07, 6.45) is -0.505. The van der Waals surface area contributed by atoms with Gasteiger partial charge in [0, 0.05) is 11.1 Å². The summed E-state index contributed by atoms with van der Waals surface area (Å²) in [6, 6.07) is 0. The molecule has 9 heteroatoms. The van der Waals surface area contributed by atoms with Gasteiger partial charge in [-0.1, -0.05) is 13.2 Å². The van der Waals surface area contributed by atoms with Crippen molar-refractivity contribution in [1.29, 1.82) is 0 Å². The fourth-order valence-corrected chi connectivity index (χ4v) is 0.887. The Morgan fingerprint density at radius 2 is 1.43 bits per heavy atom. The summed E-state index contributed by atoms with van der Waals surface area (Å²) in [7, 11) is 0. The molecule has 0 amide bonds. The number of esters is 1. The molecule has 0 aromatic carbocycles. The van der Waals surface area contributed by atoms with Crippen LogP contribution in [0.15, 0.2) is 24.3 Å². The van der Waals surface area contributed by atoms with Crippen LogP contribution in [0.1, 0.15) is 13.3 Å². The number of aliphatic hydroxyl groups excluding tert-OH is 3. The second-order valence-corrected chi connectivity index (χ2v) is 4.81. The maximum atomic E-state index is 11.0. The van der Waals surface area contributed by atoms with Crippen molar-refractivity contribution >= 4 is 17.9 Å². The number of carboxylic acids is 2. The van der Waals surface area contributed by atoms with Gasteiger partial charge in [-0.15, -0.1) is 0 Å². The Hall–Kier alpha value is -2.23. The standard InChI is InChI=1S/C9H16O5.C5H6O4/c1-7(2)8(13)14-6-9(3-10,4-11)5-12;1-3(5(8)9)2-4(6)7/h10-12H,1,3-6H2,2H3;1-2H2,(H,6,7)(H,8,9). The summed E-state index contributed by atoms with van der Waals surface area (Å²) in [5.74, 6) is -3.05. The number of aliphatic carboxylic acids is 2. The maximum absolute atomic E-state index is 11.0. The predicted molar refractivity (Wildman–Crippen MR) is 78.5 cm³/mol. The first kappa shape index (κ1) is 23.0. The van der Waals surface area contributed by atoms with Crippen molar-refractivity contribution in [3.8, 4) is 0 Å². The largest absolute Gasteiger partial charge is 0.481 e. The second kappa shape index (κ2) is 11.4. The molecule has 0 rings (SSSR count). The van der Waals surface area contributed by atoms with Crippen LogP contribution >= 0.6 is 0 Å². The van der Waals surface area contributed by atoms with Gasteiger partial charge in [0.1, 0.15) is 6.61 Å². The van der Waals surface area contributed by atoms with E-state index in [1.54, 1.807) is 0 Å². The first-order valence-corrected chi connectivity index (χ1v) is 6.33. The first-order valence-electron chi connectivity index (χ1n) is 6.33. The first-order chi connectivity index (χ1) is 10.5. The van der Waals surface area contributed by atoms with Gasteiger partial charge < -0.3 is 30.3 Å². The van der Waals surface area contributed by atoms with Crippen molar-refractivity contribution in [3.05, 3.63) is 24.3 Å². The SMILES string of the molecule is C=C(C)C(=O)OCC(CO)(CO)CO.C=C(CC(=O)O)C(=O)O. The van der Waals surface area contributed by atoms with Crippen molar-refractivity contribution in [1.82, 2.24) is 0 Å². The van der Waals surface area contributed by atoms with Gasteiger partial charge in [-0.25, -0.2) is 9.59 Å². The molecule has 0 bridgehead atoms. The lowest BCUT2D eigenvalue weighted by molar-refractivity contribution is -0.146. The minimum atomic E-state index is -1.27. The fourth-order valence-electron chi connectivity index (χ4n) is 0.887. The quantitative estimate of drug-likeness (QED) is 0.267. The number of hydrogen-bond donors (Lipinski definition) is 5. The number of carbonyl (C=O) groups is 3. The fraction of sp³-hybridized carbons (Fsp3) is 0.500. The molecule has 0 unspecified atom stereocenters. The highest BCUT2D eigenvalue weighted by atomic mass is 16.5. The van der Waals surface area contributed by atoms with Crippen LogP contribution in [0.5, 0.6) is 0 Å². The molecule has 0 aliphatic carbocycles. The highest BCUT2D eigenvalue weighted by molar-refractivity contribution is 5.91. The highest BCUT2D eigenvalue weighted by Crippen LogP contribution is 2.15. The van der Waals surface area contributed by atoms with Crippen molar-refractivity contribution in [3.63, 3.8) is 0 Å². The van der Waals surface area contributed by atoms with Crippen molar-refractivity contribution in [2.24, 2.45) is 5.41 Å². The Kier molecular flexibility index (Phi) is 11.4. The van der Waals surface area contributed by atoms with Gasteiger partial charge in [-0.2, -0.15) is 0 Å². The number of ether oxygens (including phenoxy) is 1. The van der Waals surface area contributed by atoms with Crippen LogP contribution in [0, 0.1) is 5.41 Å². The molecule has 5 N–H and O–H groups in total. The molecule has 0 heterocycles. The molecule has 0 aliphatic rings. The highest BCUT2D eigenvalue weighted by Gasteiger charge is 2.30. The summed E-state index contributed by atoms with van der Waals surface area (Å²) in [5.41, 5.74) is -1.25. The second-order valence-electron chi connectivity index (χ2n) is 4.81. The number of rotatable bonds is 9. The average molecular weight is 334 g/mol. The van der Waals surface area contributed by atoms with Crippen LogP contribution in [0.3, 0.4) is 0 Å². The molecular weight excluding hydrogens is 312 g/mol. The molecule has 0 aromatic heterocycles. The zero-order chi connectivity index (χ0) is 18.6. The molecule has 23 heavy (non-hydrogen) atoms. The van der Waals surface area contributed by atoms with Crippen molar-refractivity contribution in [2.75, 3.05) is 26.4 Å². The number of carbonyl (C=O) groups excluding carboxylic acids is 1. The smallest absolute Gasteiger partial charge is 0.333 e. The Balaban J connectivity index is 0. The molecule has 0 fully saturated rings. The summed E-state index contributed by atoms with van der Waals surface area (Å²) >= 11 is 0. The summed E-state index contributed by atoms with van der Waals surface area (Å²) in [4.78, 5) is 30.6. The van der Waals surface area contributed by atoms with E-state index < -0.39 is 49.6 Å². The normalized spacial score (nSPS) is 10.1. The van der Waals surface area contributed by atoms with E-state index >= 15 is 0 Å². The van der Waals surface area contributed by atoms with Gasteiger partial charge in [-0.05, 0) is 6.92 Å². The maximum Gasteiger partial charge on any atom is 0.333 e. The lowest BCUT2D eigenvalue weighted by Crippen LogP contribution is -2.39. The Bertz CT molecular complexity index is 441. The molecule has 0 radical (unpaired) electrons. The molecule has 0 aliphatic heterocycles. The summed E-state index contributed by atoms with van der Waals surface area (Å²) in [5, 5.41) is 42.8. The van der Waals surface area contributed by atoms with Gasteiger partial charge in [0.05, 0.1) is 31.7 Å². The molecular formula is C14H22O9. The van der Waals surface area contributed by atoms with Gasteiger partial charge in [0.25, 0.3) is 0 Å². The van der Waals surface area contributed by atoms with Crippen LogP contribution < -0.4 is 0 Å². The van der Waals surface area contributed by atoms with Gasteiger partial charge in [0.2, 0.25) is 0 Å². The number of hydrogen-bond acceptors (Lipinski definition) is 7. The van der Waals surface area contributed by atoms with Crippen LogP contribution in [-0.4, -0.2) is 69.9 Å². The van der Waals surface area contributed by atoms with Crippen molar-refractivity contribution < 1.29 is 44.7 Å². The zero-order valence-corrected chi connectivity index (χ0v) is 12.8. The Morgan fingerprint density at radius 1 is 1.00 bits per heavy atom. The van der Waals surface area contributed by atoms with E-state index in [2.05, 4.69) is 13.2 Å². The van der Waals surface area contributed by atoms with E-state index in [1.807, 2.05) is 0 Å². The lowest BCUT2D eigenvalue weighted by Gasteiger charge is -2.26. The number of aliphatic hydroxyl groups is 3. The average Bonchev–Trinajstić information content (AvgIpc) is 2.48. The molecule has 0 saturated heterocycles. The zero-order valence-electron chi connectivity index (χ0n) is 12.8. The van der Waals surface area contributed by atoms with Crippen LogP contribution in [0.2, 0.25) is 0 Å².